The van der Waals surface area contributed by atoms with Crippen LogP contribution < -0.4 is 5.32 Å². The Morgan fingerprint density at radius 3 is 1.63 bits per heavy atom. The second kappa shape index (κ2) is 16.5. The number of Topliss-reactive ketones (excluding diaryl/α,β-unsaturated/α-hetero) is 1. The first-order valence-corrected chi connectivity index (χ1v) is 15.0. The minimum atomic E-state index is -0.424. The summed E-state index contributed by atoms with van der Waals surface area (Å²) in [6.45, 7) is 2.25. The Bertz CT molecular complexity index is 1700. The predicted molar refractivity (Wildman–Crippen MR) is 189 cm³/mol. The van der Waals surface area contributed by atoms with E-state index in [4.69, 9.17) is 15.7 Å². The summed E-state index contributed by atoms with van der Waals surface area (Å²) in [7, 11) is 10.5. The molecule has 1 saturated heterocycles. The van der Waals surface area contributed by atoms with Crippen LogP contribution in [0.4, 0.5) is 21.0 Å². The van der Waals surface area contributed by atoms with E-state index in [1.165, 1.54) is 27.1 Å². The normalized spacial score (nSPS) is 13.6. The fourth-order valence-electron chi connectivity index (χ4n) is 5.56. The molecule has 1 N–H and O–H groups in total. The smallest absolute Gasteiger partial charge is 0.200 e. The Balaban J connectivity index is 0.000000171. The zero-order chi connectivity index (χ0) is 31.6. The monoisotopic (exact) mass is 628 g/mol. The molecule has 2 aliphatic rings. The molecule has 0 spiro atoms. The molecule has 0 atom stereocenters. The number of likely N-dealkylation sites (tertiary alicyclic amines) is 1. The first kappa shape index (κ1) is 34.1. The van der Waals surface area contributed by atoms with Gasteiger partial charge in [-0.05, 0) is 42.5 Å². The Labute approximate surface area is 278 Å². The van der Waals surface area contributed by atoms with Crippen LogP contribution in [0.3, 0.4) is 0 Å². The molecule has 10 heteroatoms. The van der Waals surface area contributed by atoms with E-state index in [2.05, 4.69) is 52.3 Å². The van der Waals surface area contributed by atoms with Gasteiger partial charge in [0.1, 0.15) is 5.78 Å². The first-order chi connectivity index (χ1) is 21.9. The van der Waals surface area contributed by atoms with Crippen LogP contribution in [-0.2, 0) is 17.8 Å². The molecule has 5 aromatic rings. The minimum Gasteiger partial charge on any atom is -0.356 e. The Kier molecular flexibility index (Phi) is 12.3. The summed E-state index contributed by atoms with van der Waals surface area (Å²) in [6, 6.07) is 39.0. The van der Waals surface area contributed by atoms with Crippen LogP contribution in [0.15, 0.2) is 115 Å². The zero-order valence-corrected chi connectivity index (χ0v) is 26.4. The summed E-state index contributed by atoms with van der Waals surface area (Å²) in [5.41, 5.74) is 7.08. The number of amides is 2. The number of hydrogen-bond acceptors (Lipinski definition) is 4. The van der Waals surface area contributed by atoms with Gasteiger partial charge in [0.15, 0.2) is 11.6 Å². The van der Waals surface area contributed by atoms with E-state index in [9.17, 15) is 14.4 Å². The third-order valence-electron chi connectivity index (χ3n) is 7.85. The van der Waals surface area contributed by atoms with Crippen molar-refractivity contribution in [2.75, 3.05) is 25.0 Å². The molecule has 4 radical (unpaired) electrons. The molecule has 230 valence electrons. The third-order valence-corrected chi connectivity index (χ3v) is 7.85. The van der Waals surface area contributed by atoms with E-state index in [0.717, 1.165) is 23.5 Å². The van der Waals surface area contributed by atoms with Gasteiger partial charge in [-0.3, -0.25) is 14.4 Å². The van der Waals surface area contributed by atoms with Crippen molar-refractivity contribution in [1.82, 2.24) is 14.4 Å². The lowest BCUT2D eigenvalue weighted by Crippen LogP contribution is -2.37. The van der Waals surface area contributed by atoms with Crippen LogP contribution in [0.1, 0.15) is 24.1 Å². The molecule has 0 aliphatic carbocycles. The number of nitrogens with one attached hydrogen (secondary N) is 1. The molecule has 7 rings (SSSR count). The van der Waals surface area contributed by atoms with Gasteiger partial charge >= 0.3 is 0 Å². The SMILES string of the molecule is Cl.[B]C(=O)N1CCC(=O)CC1.[B]C(=O)N1CCc2c(c3ccccc3n2-c2ccccc2)C1.c1ccc(Nc2ccccc2)cc1. The van der Waals surface area contributed by atoms with Crippen molar-refractivity contribution in [2.24, 2.45) is 0 Å². The highest BCUT2D eigenvalue weighted by atomic mass is 35.5. The molecule has 7 nitrogen and oxygen atoms in total. The number of nitrogens with zero attached hydrogens (tertiary/aromatic N) is 3. The highest BCUT2D eigenvalue weighted by Crippen LogP contribution is 2.33. The van der Waals surface area contributed by atoms with E-state index >= 15 is 0 Å². The zero-order valence-electron chi connectivity index (χ0n) is 25.5. The number of para-hydroxylation sites is 4. The van der Waals surface area contributed by atoms with Crippen molar-refractivity contribution >= 4 is 67.8 Å². The number of anilines is 2. The largest absolute Gasteiger partial charge is 0.356 e. The van der Waals surface area contributed by atoms with Gasteiger partial charge in [0.2, 0.25) is 15.7 Å². The highest BCUT2D eigenvalue weighted by molar-refractivity contribution is 6.57. The summed E-state index contributed by atoms with van der Waals surface area (Å²) in [4.78, 5) is 35.9. The van der Waals surface area contributed by atoms with E-state index in [0.29, 0.717) is 39.0 Å². The number of halogens is 1. The number of piperidine rings is 1. The Morgan fingerprint density at radius 1 is 0.609 bits per heavy atom. The van der Waals surface area contributed by atoms with Crippen LogP contribution in [0, 0.1) is 0 Å². The van der Waals surface area contributed by atoms with Gasteiger partial charge in [-0.2, -0.15) is 0 Å². The summed E-state index contributed by atoms with van der Waals surface area (Å²) in [5.74, 6) is -0.549. The van der Waals surface area contributed by atoms with Gasteiger partial charge in [-0.1, -0.05) is 72.8 Å². The van der Waals surface area contributed by atoms with Crippen molar-refractivity contribution in [3.63, 3.8) is 0 Å². The molecular formula is C36H35B2ClN4O3. The highest BCUT2D eigenvalue weighted by Gasteiger charge is 2.25. The fourth-order valence-corrected chi connectivity index (χ4v) is 5.56. The van der Waals surface area contributed by atoms with Crippen molar-refractivity contribution in [3.8, 4) is 5.69 Å². The van der Waals surface area contributed by atoms with Crippen LogP contribution in [0.25, 0.3) is 16.6 Å². The number of aromatic nitrogens is 1. The maximum Gasteiger partial charge on any atom is 0.200 e. The lowest BCUT2D eigenvalue weighted by Gasteiger charge is -2.27. The summed E-state index contributed by atoms with van der Waals surface area (Å²) in [6.07, 6.45) is 1.74. The molecule has 0 unspecified atom stereocenters. The third kappa shape index (κ3) is 8.70. The molecule has 4 aromatic carbocycles. The molecule has 1 fully saturated rings. The quantitative estimate of drug-likeness (QED) is 0.217. The Hall–Kier alpha value is -4.75. The second-order valence-corrected chi connectivity index (χ2v) is 10.8. The molecule has 1 aromatic heterocycles. The maximum absolute atomic E-state index is 11.5. The molecule has 0 saturated carbocycles. The van der Waals surface area contributed by atoms with E-state index in [1.54, 1.807) is 4.90 Å². The van der Waals surface area contributed by atoms with Gasteiger partial charge in [-0.25, -0.2) is 0 Å². The molecule has 2 amide bonds. The maximum atomic E-state index is 11.5. The van der Waals surface area contributed by atoms with Gasteiger partial charge in [0.05, 0.1) is 5.52 Å². The van der Waals surface area contributed by atoms with Gasteiger partial charge in [0.25, 0.3) is 0 Å². The predicted octanol–water partition coefficient (Wildman–Crippen LogP) is 7.07. The fraction of sp³-hybridized carbons (Fsp3) is 0.194. The van der Waals surface area contributed by atoms with Crippen molar-refractivity contribution in [1.29, 1.82) is 0 Å². The standard InChI is InChI=1S/C18H15BN2O.C12H11N.C6H8BNO2.ClH/c19-18(22)20-11-10-17-15(12-20)14-8-4-5-9-16(14)21(17)13-6-2-1-3-7-13;1-3-7-11(8-4-1)13-12-9-5-2-6-10-12;7-6(10)8-3-1-5(9)2-4-8;/h1-9H,10-12H2;1-10,13H;1-4H2;1H. The van der Waals surface area contributed by atoms with Crippen LogP contribution in [0.2, 0.25) is 0 Å². The number of carbonyl (C=O) groups is 3. The van der Waals surface area contributed by atoms with Crippen LogP contribution in [-0.4, -0.2) is 67.1 Å². The number of ketones is 1. The molecule has 3 heterocycles. The first-order valence-electron chi connectivity index (χ1n) is 15.0. The summed E-state index contributed by atoms with van der Waals surface area (Å²) >= 11 is 0. The lowest BCUT2D eigenvalue weighted by atomic mass is 10.0. The van der Waals surface area contributed by atoms with Gasteiger partial charge in [0, 0.05) is 79.1 Å². The lowest BCUT2D eigenvalue weighted by molar-refractivity contribution is -0.120. The van der Waals surface area contributed by atoms with E-state index in [1.807, 2.05) is 72.8 Å². The molecular weight excluding hydrogens is 593 g/mol. The number of hydrogen-bond donors (Lipinski definition) is 1. The number of benzene rings is 4. The number of rotatable bonds is 3. The van der Waals surface area contributed by atoms with E-state index < -0.39 is 5.81 Å². The molecule has 46 heavy (non-hydrogen) atoms. The molecule has 0 bridgehead atoms. The average Bonchev–Trinajstić information content (AvgIpc) is 3.41. The van der Waals surface area contributed by atoms with Crippen molar-refractivity contribution in [3.05, 3.63) is 127 Å². The Morgan fingerprint density at radius 2 is 1.09 bits per heavy atom. The van der Waals surface area contributed by atoms with Gasteiger partial charge in [-0.15, -0.1) is 12.4 Å². The number of carbonyl (C=O) groups excluding carboxylic acids is 3. The van der Waals surface area contributed by atoms with Crippen LogP contribution >= 0.6 is 12.4 Å². The number of fused-ring (bicyclic) bond motifs is 3. The van der Waals surface area contributed by atoms with Crippen LogP contribution in [0.5, 0.6) is 0 Å². The topological polar surface area (TPSA) is 74.7 Å². The molecule has 2 aliphatic heterocycles. The second-order valence-electron chi connectivity index (χ2n) is 10.8. The summed E-state index contributed by atoms with van der Waals surface area (Å²) < 4.78 is 2.31. The van der Waals surface area contributed by atoms with Gasteiger partial charge < -0.3 is 19.7 Å². The minimum absolute atomic E-state index is 0. The average molecular weight is 629 g/mol. The summed E-state index contributed by atoms with van der Waals surface area (Å²) in [5, 5.41) is 4.51. The van der Waals surface area contributed by atoms with Crippen molar-refractivity contribution < 1.29 is 14.4 Å². The van der Waals surface area contributed by atoms with Crippen molar-refractivity contribution in [2.45, 2.75) is 25.8 Å². The van der Waals surface area contributed by atoms with E-state index in [-0.39, 0.29) is 24.0 Å².